The maximum absolute atomic E-state index is 11.9. The van der Waals surface area contributed by atoms with Gasteiger partial charge in [-0.1, -0.05) is 29.8 Å². The molecule has 0 aromatic heterocycles. The average molecular weight is 392 g/mol. The van der Waals surface area contributed by atoms with Crippen LogP contribution in [0.2, 0.25) is 5.02 Å². The Balaban J connectivity index is 1.76. The van der Waals surface area contributed by atoms with Crippen molar-refractivity contribution in [1.29, 1.82) is 0 Å². The van der Waals surface area contributed by atoms with Crippen molar-refractivity contribution in [3.8, 4) is 0 Å². The molecule has 0 heterocycles. The van der Waals surface area contributed by atoms with E-state index >= 15 is 0 Å². The van der Waals surface area contributed by atoms with Gasteiger partial charge in [0, 0.05) is 23.3 Å². The Labute approximate surface area is 160 Å². The van der Waals surface area contributed by atoms with E-state index in [9.17, 15) is 19.7 Å². The first kappa shape index (κ1) is 20.2. The quantitative estimate of drug-likeness (QED) is 0.404. The average Bonchev–Trinajstić information content (AvgIpc) is 2.64. The molecule has 142 valence electrons. The molecule has 0 aliphatic rings. The summed E-state index contributed by atoms with van der Waals surface area (Å²) in [5.41, 5.74) is 1.49. The molecule has 0 saturated carbocycles. The van der Waals surface area contributed by atoms with Gasteiger partial charge in [0.25, 0.3) is 11.6 Å². The lowest BCUT2D eigenvalue weighted by Crippen LogP contribution is -2.22. The van der Waals surface area contributed by atoms with Crippen molar-refractivity contribution in [2.75, 3.05) is 23.8 Å². The van der Waals surface area contributed by atoms with Crippen LogP contribution in [0.25, 0.3) is 0 Å². The number of amides is 1. The van der Waals surface area contributed by atoms with Gasteiger partial charge in [-0.05, 0) is 30.7 Å². The van der Waals surface area contributed by atoms with Crippen LogP contribution < -0.4 is 10.6 Å². The van der Waals surface area contributed by atoms with E-state index in [1.54, 1.807) is 43.3 Å². The largest absolute Gasteiger partial charge is 0.456 e. The van der Waals surface area contributed by atoms with Crippen molar-refractivity contribution in [3.63, 3.8) is 0 Å². The summed E-state index contributed by atoms with van der Waals surface area (Å²) >= 11 is 5.98. The number of ether oxygens (including phenoxy) is 1. The molecule has 0 bridgehead atoms. The number of anilines is 2. The summed E-state index contributed by atoms with van der Waals surface area (Å²) in [6, 6.07) is 11.2. The Morgan fingerprint density at radius 3 is 2.59 bits per heavy atom. The molecule has 9 heteroatoms. The minimum atomic E-state index is -0.598. The number of nitrogens with one attached hydrogen (secondary N) is 2. The van der Waals surface area contributed by atoms with Crippen LogP contribution >= 0.6 is 11.6 Å². The Bertz CT molecular complexity index is 857. The molecule has 2 aromatic carbocycles. The lowest BCUT2D eigenvalue weighted by atomic mass is 10.2. The molecule has 2 aromatic rings. The third-order valence-corrected chi connectivity index (χ3v) is 4.06. The van der Waals surface area contributed by atoms with Crippen molar-refractivity contribution in [1.82, 2.24) is 0 Å². The highest BCUT2D eigenvalue weighted by atomic mass is 35.5. The number of rotatable bonds is 8. The van der Waals surface area contributed by atoms with Crippen molar-refractivity contribution in [3.05, 3.63) is 63.2 Å². The molecule has 0 radical (unpaired) electrons. The molecule has 0 aliphatic carbocycles. The van der Waals surface area contributed by atoms with E-state index in [-0.39, 0.29) is 18.7 Å². The van der Waals surface area contributed by atoms with Gasteiger partial charge >= 0.3 is 5.97 Å². The van der Waals surface area contributed by atoms with Gasteiger partial charge in [-0.15, -0.1) is 0 Å². The van der Waals surface area contributed by atoms with Gasteiger partial charge in [0.05, 0.1) is 11.3 Å². The van der Waals surface area contributed by atoms with Crippen molar-refractivity contribution < 1.29 is 19.2 Å². The third-order valence-electron chi connectivity index (χ3n) is 3.65. The summed E-state index contributed by atoms with van der Waals surface area (Å²) in [6.07, 6.45) is -0.0461. The standard InChI is InChI=1S/C18H18ClN3O5/c1-12-13(19)5-4-7-14(12)21-17(23)11-27-18(24)9-10-20-15-6-2-3-8-16(15)22(25)26/h2-8,20H,9-11H2,1H3,(H,21,23). The molecular formula is C18H18ClN3O5. The molecule has 8 nitrogen and oxygen atoms in total. The number of nitro groups is 1. The van der Waals surface area contributed by atoms with Gasteiger partial charge in [-0.2, -0.15) is 0 Å². The molecule has 0 unspecified atom stereocenters. The zero-order valence-corrected chi connectivity index (χ0v) is 15.3. The summed E-state index contributed by atoms with van der Waals surface area (Å²) in [5.74, 6) is -1.08. The molecule has 1 amide bonds. The minimum absolute atomic E-state index is 0.0461. The topological polar surface area (TPSA) is 111 Å². The van der Waals surface area contributed by atoms with Gasteiger partial charge in [0.1, 0.15) is 5.69 Å². The number of halogens is 1. The maximum atomic E-state index is 11.9. The van der Waals surface area contributed by atoms with Crippen LogP contribution in [-0.4, -0.2) is 30.0 Å². The van der Waals surface area contributed by atoms with Crippen molar-refractivity contribution in [2.24, 2.45) is 0 Å². The summed E-state index contributed by atoms with van der Waals surface area (Å²) in [6.45, 7) is 1.47. The smallest absolute Gasteiger partial charge is 0.308 e. The second-order valence-electron chi connectivity index (χ2n) is 5.57. The number of esters is 1. The van der Waals surface area contributed by atoms with Gasteiger partial charge in [-0.25, -0.2) is 0 Å². The lowest BCUT2D eigenvalue weighted by molar-refractivity contribution is -0.384. The van der Waals surface area contributed by atoms with E-state index < -0.39 is 23.4 Å². The molecule has 0 atom stereocenters. The number of hydrogen-bond acceptors (Lipinski definition) is 6. The Kier molecular flexibility index (Phi) is 7.13. The van der Waals surface area contributed by atoms with E-state index in [0.29, 0.717) is 22.0 Å². The predicted molar refractivity (Wildman–Crippen MR) is 102 cm³/mol. The highest BCUT2D eigenvalue weighted by Crippen LogP contribution is 2.23. The van der Waals surface area contributed by atoms with E-state index in [1.165, 1.54) is 6.07 Å². The van der Waals surface area contributed by atoms with Crippen molar-refractivity contribution in [2.45, 2.75) is 13.3 Å². The first-order valence-corrected chi connectivity index (χ1v) is 8.44. The minimum Gasteiger partial charge on any atom is -0.456 e. The molecular weight excluding hydrogens is 374 g/mol. The van der Waals surface area contributed by atoms with E-state index in [0.717, 1.165) is 0 Å². The molecule has 0 fully saturated rings. The SMILES string of the molecule is Cc1c(Cl)cccc1NC(=O)COC(=O)CCNc1ccccc1[N+](=O)[O-]. The second-order valence-corrected chi connectivity index (χ2v) is 5.98. The number of benzene rings is 2. The van der Waals surface area contributed by atoms with Gasteiger partial charge < -0.3 is 15.4 Å². The zero-order valence-electron chi connectivity index (χ0n) is 14.5. The summed E-state index contributed by atoms with van der Waals surface area (Å²) < 4.78 is 4.90. The van der Waals surface area contributed by atoms with Gasteiger partial charge in [-0.3, -0.25) is 19.7 Å². The van der Waals surface area contributed by atoms with Crippen molar-refractivity contribution >= 4 is 40.5 Å². The van der Waals surface area contributed by atoms with Crippen LogP contribution in [-0.2, 0) is 14.3 Å². The molecule has 2 rings (SSSR count). The number of nitro benzene ring substituents is 1. The molecule has 0 aliphatic heterocycles. The molecule has 27 heavy (non-hydrogen) atoms. The van der Waals surface area contributed by atoms with Crippen LogP contribution in [0.5, 0.6) is 0 Å². The monoisotopic (exact) mass is 391 g/mol. The first-order valence-electron chi connectivity index (χ1n) is 8.06. The van der Waals surface area contributed by atoms with E-state index in [2.05, 4.69) is 10.6 Å². The Morgan fingerprint density at radius 2 is 1.85 bits per heavy atom. The number of hydrogen-bond donors (Lipinski definition) is 2. The predicted octanol–water partition coefficient (Wildman–Crippen LogP) is 3.54. The molecule has 0 spiro atoms. The highest BCUT2D eigenvalue weighted by Gasteiger charge is 2.13. The molecule has 0 saturated heterocycles. The van der Waals surface area contributed by atoms with Crippen LogP contribution in [0.4, 0.5) is 17.1 Å². The van der Waals surface area contributed by atoms with Gasteiger partial charge in [0.2, 0.25) is 0 Å². The fourth-order valence-electron chi connectivity index (χ4n) is 2.23. The maximum Gasteiger partial charge on any atom is 0.308 e. The van der Waals surface area contributed by atoms with Crippen LogP contribution in [0.1, 0.15) is 12.0 Å². The van der Waals surface area contributed by atoms with E-state index in [1.807, 2.05) is 0 Å². The second kappa shape index (κ2) is 9.54. The lowest BCUT2D eigenvalue weighted by Gasteiger charge is -2.10. The summed E-state index contributed by atoms with van der Waals surface area (Å²) in [7, 11) is 0. The van der Waals surface area contributed by atoms with Crippen LogP contribution in [0.15, 0.2) is 42.5 Å². The first-order chi connectivity index (χ1) is 12.9. The fourth-order valence-corrected chi connectivity index (χ4v) is 2.40. The third kappa shape index (κ3) is 5.96. The summed E-state index contributed by atoms with van der Waals surface area (Å²) in [5, 5.41) is 16.9. The molecule has 2 N–H and O–H groups in total. The number of carbonyl (C=O) groups is 2. The van der Waals surface area contributed by atoms with E-state index in [4.69, 9.17) is 16.3 Å². The highest BCUT2D eigenvalue weighted by molar-refractivity contribution is 6.31. The Morgan fingerprint density at radius 1 is 1.15 bits per heavy atom. The number of para-hydroxylation sites is 2. The number of nitrogens with zero attached hydrogens (tertiary/aromatic N) is 1. The number of carbonyl (C=O) groups excluding carboxylic acids is 2. The van der Waals surface area contributed by atoms with Crippen LogP contribution in [0.3, 0.4) is 0 Å². The zero-order chi connectivity index (χ0) is 19.8. The summed E-state index contributed by atoms with van der Waals surface area (Å²) in [4.78, 5) is 34.0. The fraction of sp³-hybridized carbons (Fsp3) is 0.222. The normalized spacial score (nSPS) is 10.1. The van der Waals surface area contributed by atoms with Crippen LogP contribution in [0, 0.1) is 17.0 Å². The Hall–Kier alpha value is -3.13. The van der Waals surface area contributed by atoms with Gasteiger partial charge in [0.15, 0.2) is 6.61 Å².